The van der Waals surface area contributed by atoms with Gasteiger partial charge in [-0.05, 0) is 56.6 Å². The van der Waals surface area contributed by atoms with Crippen LogP contribution in [0.5, 0.6) is 11.5 Å². The summed E-state index contributed by atoms with van der Waals surface area (Å²) in [4.78, 5) is 23.8. The maximum atomic E-state index is 11.9. The summed E-state index contributed by atoms with van der Waals surface area (Å²) in [5.74, 6) is 1.44. The number of aryl methyl sites for hydroxylation is 1. The Kier molecular flexibility index (Phi) is 13.6. The Morgan fingerprint density at radius 2 is 1.07 bits per heavy atom. The van der Waals surface area contributed by atoms with Gasteiger partial charge in [0.1, 0.15) is 11.5 Å². The fraction of sp³-hybridized carbons (Fsp3) is 0.529. The van der Waals surface area contributed by atoms with E-state index in [1.165, 1.54) is 5.56 Å². The van der Waals surface area contributed by atoms with Crippen molar-refractivity contribution in [1.29, 1.82) is 0 Å². The van der Waals surface area contributed by atoms with Gasteiger partial charge in [-0.25, -0.2) is 0 Å². The van der Waals surface area contributed by atoms with Gasteiger partial charge in [0.15, 0.2) is 0 Å². The van der Waals surface area contributed by atoms with E-state index in [0.717, 1.165) is 90.8 Å². The van der Waals surface area contributed by atoms with Gasteiger partial charge in [0.25, 0.3) is 0 Å². The smallest absolute Gasteiger partial charge is 0.305 e. The van der Waals surface area contributed by atoms with Gasteiger partial charge >= 0.3 is 11.9 Å². The molecule has 0 aliphatic rings. The average molecular weight is 551 g/mol. The summed E-state index contributed by atoms with van der Waals surface area (Å²) >= 11 is 0. The van der Waals surface area contributed by atoms with Crippen molar-refractivity contribution in [3.05, 3.63) is 48.0 Å². The van der Waals surface area contributed by atoms with Gasteiger partial charge in [0.05, 0.1) is 26.4 Å². The van der Waals surface area contributed by atoms with Crippen LogP contribution in [0.3, 0.4) is 0 Å². The van der Waals surface area contributed by atoms with E-state index in [-0.39, 0.29) is 11.9 Å². The topological polar surface area (TPSA) is 71.1 Å². The SMILES string of the molecule is CCCCOC(=O)CCCCOc1c2ccccc2c(OCCCCC(=O)OCCCC)c2cc(CC)ccc12. The van der Waals surface area contributed by atoms with Crippen LogP contribution in [0.25, 0.3) is 21.5 Å². The first-order valence-electron chi connectivity index (χ1n) is 15.1. The number of hydrogen-bond donors (Lipinski definition) is 0. The molecule has 0 amide bonds. The molecule has 0 radical (unpaired) electrons. The van der Waals surface area contributed by atoms with E-state index in [9.17, 15) is 9.59 Å². The Balaban J connectivity index is 1.69. The Labute approximate surface area is 239 Å². The minimum absolute atomic E-state index is 0.133. The van der Waals surface area contributed by atoms with Crippen molar-refractivity contribution in [3.8, 4) is 11.5 Å². The third-order valence-corrected chi connectivity index (χ3v) is 6.96. The predicted molar refractivity (Wildman–Crippen MR) is 161 cm³/mol. The zero-order valence-corrected chi connectivity index (χ0v) is 24.6. The molecule has 0 saturated heterocycles. The number of carbonyl (C=O) groups excluding carboxylic acids is 2. The predicted octanol–water partition coefficient (Wildman–Crippen LogP) is 8.34. The molecular weight excluding hydrogens is 504 g/mol. The number of rotatable bonds is 19. The molecule has 0 aliphatic carbocycles. The van der Waals surface area contributed by atoms with Gasteiger partial charge in [-0.1, -0.05) is 70.0 Å². The van der Waals surface area contributed by atoms with Crippen LogP contribution in [0.4, 0.5) is 0 Å². The second kappa shape index (κ2) is 17.4. The Hall–Kier alpha value is -3.28. The highest BCUT2D eigenvalue weighted by Crippen LogP contribution is 2.43. The number of benzene rings is 3. The van der Waals surface area contributed by atoms with Crippen LogP contribution in [0, 0.1) is 0 Å². The molecule has 3 aromatic rings. The van der Waals surface area contributed by atoms with Gasteiger partial charge in [-0.2, -0.15) is 0 Å². The lowest BCUT2D eigenvalue weighted by atomic mass is 9.98. The number of esters is 2. The Morgan fingerprint density at radius 1 is 0.575 bits per heavy atom. The highest BCUT2D eigenvalue weighted by Gasteiger charge is 2.17. The van der Waals surface area contributed by atoms with Crippen molar-refractivity contribution in [1.82, 2.24) is 0 Å². The molecule has 0 spiro atoms. The Bertz CT molecular complexity index is 1220. The number of hydrogen-bond acceptors (Lipinski definition) is 6. The minimum atomic E-state index is -0.133. The normalized spacial score (nSPS) is 11.1. The van der Waals surface area contributed by atoms with Crippen LogP contribution >= 0.6 is 0 Å². The maximum absolute atomic E-state index is 11.9. The van der Waals surface area contributed by atoms with E-state index >= 15 is 0 Å². The van der Waals surface area contributed by atoms with Crippen LogP contribution in [0.2, 0.25) is 0 Å². The third kappa shape index (κ3) is 9.42. The number of carbonyl (C=O) groups is 2. The molecule has 0 unspecified atom stereocenters. The zero-order valence-electron chi connectivity index (χ0n) is 24.6. The van der Waals surface area contributed by atoms with Gasteiger partial charge in [0.2, 0.25) is 0 Å². The summed E-state index contributed by atoms with van der Waals surface area (Å²) in [6.45, 7) is 8.35. The van der Waals surface area contributed by atoms with Crippen molar-refractivity contribution in [2.45, 2.75) is 91.4 Å². The van der Waals surface area contributed by atoms with Gasteiger partial charge < -0.3 is 18.9 Å². The molecule has 3 rings (SSSR count). The van der Waals surface area contributed by atoms with Gasteiger partial charge in [0, 0.05) is 34.4 Å². The summed E-state index contributed by atoms with van der Waals surface area (Å²) in [5, 5.41) is 4.07. The van der Waals surface area contributed by atoms with E-state index in [0.29, 0.717) is 39.3 Å². The summed E-state index contributed by atoms with van der Waals surface area (Å²) in [6, 6.07) is 14.6. The maximum Gasteiger partial charge on any atom is 0.305 e. The molecule has 0 saturated carbocycles. The lowest BCUT2D eigenvalue weighted by Gasteiger charge is -2.18. The van der Waals surface area contributed by atoms with E-state index in [1.807, 2.05) is 12.1 Å². The van der Waals surface area contributed by atoms with Gasteiger partial charge in [-0.3, -0.25) is 9.59 Å². The average Bonchev–Trinajstić information content (AvgIpc) is 2.97. The number of ether oxygens (including phenoxy) is 4. The molecule has 0 fully saturated rings. The molecule has 6 nitrogen and oxygen atoms in total. The van der Waals surface area contributed by atoms with Crippen molar-refractivity contribution in [2.75, 3.05) is 26.4 Å². The number of fused-ring (bicyclic) bond motifs is 2. The van der Waals surface area contributed by atoms with Crippen molar-refractivity contribution >= 4 is 33.5 Å². The Morgan fingerprint density at radius 3 is 1.57 bits per heavy atom. The molecule has 0 heterocycles. The van der Waals surface area contributed by atoms with E-state index in [2.05, 4.69) is 51.1 Å². The van der Waals surface area contributed by atoms with Crippen LogP contribution in [0.15, 0.2) is 42.5 Å². The largest absolute Gasteiger partial charge is 0.492 e. The van der Waals surface area contributed by atoms with Crippen LogP contribution in [-0.2, 0) is 25.5 Å². The quantitative estimate of drug-likeness (QED) is 0.0849. The fourth-order valence-electron chi connectivity index (χ4n) is 4.57. The monoisotopic (exact) mass is 550 g/mol. The first kappa shape index (κ1) is 31.3. The second-order valence-corrected chi connectivity index (χ2v) is 10.2. The van der Waals surface area contributed by atoms with Crippen LogP contribution < -0.4 is 9.47 Å². The molecule has 0 aromatic heterocycles. The highest BCUT2D eigenvalue weighted by atomic mass is 16.5. The third-order valence-electron chi connectivity index (χ3n) is 6.96. The molecule has 3 aromatic carbocycles. The van der Waals surface area contributed by atoms with Crippen molar-refractivity contribution < 1.29 is 28.5 Å². The summed E-state index contributed by atoms with van der Waals surface area (Å²) in [5.41, 5.74) is 1.23. The number of unbranched alkanes of at least 4 members (excludes halogenated alkanes) is 4. The van der Waals surface area contributed by atoms with E-state index < -0.39 is 0 Å². The first-order chi connectivity index (χ1) is 19.6. The molecular formula is C34H46O6. The first-order valence-corrected chi connectivity index (χ1v) is 15.1. The van der Waals surface area contributed by atoms with E-state index in [4.69, 9.17) is 18.9 Å². The molecule has 0 atom stereocenters. The highest BCUT2D eigenvalue weighted by molar-refractivity contribution is 6.11. The lowest BCUT2D eigenvalue weighted by molar-refractivity contribution is -0.144. The molecule has 218 valence electrons. The van der Waals surface area contributed by atoms with Crippen LogP contribution in [-0.4, -0.2) is 38.4 Å². The summed E-state index contributed by atoms with van der Waals surface area (Å²) < 4.78 is 23.3. The zero-order chi connectivity index (χ0) is 28.6. The molecule has 0 N–H and O–H groups in total. The molecule has 40 heavy (non-hydrogen) atoms. The molecule has 0 aliphatic heterocycles. The minimum Gasteiger partial charge on any atom is -0.492 e. The van der Waals surface area contributed by atoms with Crippen molar-refractivity contribution in [2.24, 2.45) is 0 Å². The molecule has 6 heteroatoms. The summed E-state index contributed by atoms with van der Waals surface area (Å²) in [6.07, 6.45) is 8.59. The fourth-order valence-corrected chi connectivity index (χ4v) is 4.57. The summed E-state index contributed by atoms with van der Waals surface area (Å²) in [7, 11) is 0. The van der Waals surface area contributed by atoms with Crippen LogP contribution in [0.1, 0.15) is 90.5 Å². The van der Waals surface area contributed by atoms with Crippen molar-refractivity contribution in [3.63, 3.8) is 0 Å². The standard InChI is InChI=1S/C34H46O6/c1-4-7-21-37-31(35)17-11-13-23-39-33-27-15-9-10-16-28(27)34(30-25-26(6-3)19-20-29(30)33)40-24-14-12-18-32(36)38-22-8-5-2/h9-10,15-16,19-20,25H,4-8,11-14,17-18,21-24H2,1-3H3. The van der Waals surface area contributed by atoms with Gasteiger partial charge in [-0.15, -0.1) is 0 Å². The van der Waals surface area contributed by atoms with E-state index in [1.54, 1.807) is 0 Å². The molecule has 0 bridgehead atoms. The lowest BCUT2D eigenvalue weighted by Crippen LogP contribution is -2.07. The second-order valence-electron chi connectivity index (χ2n) is 10.2.